The van der Waals surface area contributed by atoms with Gasteiger partial charge < -0.3 is 4.90 Å². The van der Waals surface area contributed by atoms with E-state index in [2.05, 4.69) is 14.8 Å². The number of piperazine rings is 1. The SMILES string of the molecule is Cc1cc([N+](=O)[O-])ccc1N1CCN(Cc2ccccn2)CC1. The second-order valence-corrected chi connectivity index (χ2v) is 5.81. The van der Waals surface area contributed by atoms with Crippen LogP contribution in [0.2, 0.25) is 0 Å². The first-order valence-corrected chi connectivity index (χ1v) is 7.76. The molecule has 1 aromatic heterocycles. The molecule has 120 valence electrons. The standard InChI is InChI=1S/C17H20N4O2/c1-14-12-16(21(22)23)5-6-17(14)20-10-8-19(9-11-20)13-15-4-2-3-7-18-15/h2-7,12H,8-11,13H2,1H3. The molecule has 3 rings (SSSR count). The van der Waals surface area contributed by atoms with Crippen LogP contribution in [0, 0.1) is 17.0 Å². The average Bonchev–Trinajstić information content (AvgIpc) is 2.56. The van der Waals surface area contributed by atoms with Gasteiger partial charge in [-0.1, -0.05) is 6.07 Å². The minimum absolute atomic E-state index is 0.153. The number of hydrogen-bond donors (Lipinski definition) is 0. The number of nitrogens with zero attached hydrogens (tertiary/aromatic N) is 4. The Balaban J connectivity index is 1.62. The Morgan fingerprint density at radius 2 is 1.96 bits per heavy atom. The van der Waals surface area contributed by atoms with Gasteiger partial charge in [-0.15, -0.1) is 0 Å². The molecule has 6 nitrogen and oxygen atoms in total. The molecular formula is C17H20N4O2. The van der Waals surface area contributed by atoms with Crippen molar-refractivity contribution >= 4 is 11.4 Å². The Hall–Kier alpha value is -2.47. The van der Waals surface area contributed by atoms with Crippen molar-refractivity contribution in [2.75, 3.05) is 31.1 Å². The van der Waals surface area contributed by atoms with Crippen molar-refractivity contribution in [3.05, 3.63) is 64.0 Å². The summed E-state index contributed by atoms with van der Waals surface area (Å²) in [5.41, 5.74) is 3.29. The van der Waals surface area contributed by atoms with E-state index >= 15 is 0 Å². The maximum absolute atomic E-state index is 10.8. The Labute approximate surface area is 135 Å². The van der Waals surface area contributed by atoms with Crippen LogP contribution < -0.4 is 4.90 Å². The van der Waals surface area contributed by atoms with Gasteiger partial charge in [-0.3, -0.25) is 20.0 Å². The average molecular weight is 312 g/mol. The highest BCUT2D eigenvalue weighted by Crippen LogP contribution is 2.25. The Morgan fingerprint density at radius 3 is 2.57 bits per heavy atom. The van der Waals surface area contributed by atoms with Crippen LogP contribution in [-0.2, 0) is 6.54 Å². The van der Waals surface area contributed by atoms with Crippen LogP contribution in [0.5, 0.6) is 0 Å². The highest BCUT2D eigenvalue weighted by Gasteiger charge is 2.19. The summed E-state index contributed by atoms with van der Waals surface area (Å²) in [5, 5.41) is 10.8. The lowest BCUT2D eigenvalue weighted by Crippen LogP contribution is -2.46. The summed E-state index contributed by atoms with van der Waals surface area (Å²) in [6, 6.07) is 11.1. The van der Waals surface area contributed by atoms with E-state index in [4.69, 9.17) is 0 Å². The fourth-order valence-electron chi connectivity index (χ4n) is 2.98. The summed E-state index contributed by atoms with van der Waals surface area (Å²) >= 11 is 0. The maximum atomic E-state index is 10.8. The smallest absolute Gasteiger partial charge is 0.269 e. The van der Waals surface area contributed by atoms with Crippen LogP contribution in [0.1, 0.15) is 11.3 Å². The molecule has 0 N–H and O–H groups in total. The number of anilines is 1. The third kappa shape index (κ3) is 3.65. The number of aryl methyl sites for hydroxylation is 1. The number of rotatable bonds is 4. The van der Waals surface area contributed by atoms with Crippen LogP contribution in [0.4, 0.5) is 11.4 Å². The van der Waals surface area contributed by atoms with Gasteiger partial charge in [0.25, 0.3) is 5.69 Å². The lowest BCUT2D eigenvalue weighted by Gasteiger charge is -2.36. The van der Waals surface area contributed by atoms with Gasteiger partial charge >= 0.3 is 0 Å². The van der Waals surface area contributed by atoms with Crippen LogP contribution in [0.25, 0.3) is 0 Å². The van der Waals surface area contributed by atoms with Crippen molar-refractivity contribution in [2.45, 2.75) is 13.5 Å². The predicted molar refractivity (Wildman–Crippen MR) is 89.6 cm³/mol. The van der Waals surface area contributed by atoms with E-state index in [0.29, 0.717) is 0 Å². The van der Waals surface area contributed by atoms with Gasteiger partial charge in [-0.2, -0.15) is 0 Å². The molecular weight excluding hydrogens is 292 g/mol. The molecule has 1 aliphatic heterocycles. The Kier molecular flexibility index (Phi) is 4.52. The number of pyridine rings is 1. The van der Waals surface area contributed by atoms with Gasteiger partial charge in [0.2, 0.25) is 0 Å². The second kappa shape index (κ2) is 6.75. The molecule has 2 heterocycles. The lowest BCUT2D eigenvalue weighted by atomic mass is 10.1. The number of benzene rings is 1. The lowest BCUT2D eigenvalue weighted by molar-refractivity contribution is -0.384. The van der Waals surface area contributed by atoms with Gasteiger partial charge in [0, 0.05) is 56.7 Å². The zero-order valence-corrected chi connectivity index (χ0v) is 13.2. The van der Waals surface area contributed by atoms with Gasteiger partial charge in [0.05, 0.1) is 10.6 Å². The monoisotopic (exact) mass is 312 g/mol. The molecule has 1 aliphatic rings. The zero-order chi connectivity index (χ0) is 16.2. The second-order valence-electron chi connectivity index (χ2n) is 5.81. The molecule has 0 saturated carbocycles. The fourth-order valence-corrected chi connectivity index (χ4v) is 2.98. The summed E-state index contributed by atoms with van der Waals surface area (Å²) in [5.74, 6) is 0. The summed E-state index contributed by atoms with van der Waals surface area (Å²) in [6.45, 7) is 6.58. The first-order chi connectivity index (χ1) is 11.1. The van der Waals surface area contributed by atoms with E-state index in [1.165, 1.54) is 0 Å². The minimum Gasteiger partial charge on any atom is -0.369 e. The van der Waals surface area contributed by atoms with Crippen LogP contribution in [0.15, 0.2) is 42.6 Å². The van der Waals surface area contributed by atoms with Crippen LogP contribution in [0.3, 0.4) is 0 Å². The van der Waals surface area contributed by atoms with E-state index in [0.717, 1.165) is 49.7 Å². The van der Waals surface area contributed by atoms with E-state index in [9.17, 15) is 10.1 Å². The number of non-ortho nitro benzene ring substituents is 1. The molecule has 23 heavy (non-hydrogen) atoms. The zero-order valence-electron chi connectivity index (χ0n) is 13.2. The van der Waals surface area contributed by atoms with Gasteiger partial charge in [-0.05, 0) is 30.7 Å². The molecule has 0 aliphatic carbocycles. The molecule has 6 heteroatoms. The molecule has 0 bridgehead atoms. The van der Waals surface area contributed by atoms with Crippen molar-refractivity contribution in [1.82, 2.24) is 9.88 Å². The van der Waals surface area contributed by atoms with Gasteiger partial charge in [-0.25, -0.2) is 0 Å². The Bertz CT molecular complexity index is 682. The first kappa shape index (κ1) is 15.4. The highest BCUT2D eigenvalue weighted by atomic mass is 16.6. The molecule has 0 unspecified atom stereocenters. The summed E-state index contributed by atoms with van der Waals surface area (Å²) in [6.07, 6.45) is 1.83. The van der Waals surface area contributed by atoms with Gasteiger partial charge in [0.15, 0.2) is 0 Å². The molecule has 1 saturated heterocycles. The fraction of sp³-hybridized carbons (Fsp3) is 0.353. The van der Waals surface area contributed by atoms with E-state index in [-0.39, 0.29) is 10.6 Å². The van der Waals surface area contributed by atoms with Crippen molar-refractivity contribution in [3.8, 4) is 0 Å². The predicted octanol–water partition coefficient (Wildman–Crippen LogP) is 2.62. The molecule has 0 spiro atoms. The third-order valence-electron chi connectivity index (χ3n) is 4.22. The molecule has 0 radical (unpaired) electrons. The first-order valence-electron chi connectivity index (χ1n) is 7.76. The van der Waals surface area contributed by atoms with E-state index in [1.54, 1.807) is 12.1 Å². The van der Waals surface area contributed by atoms with Crippen LogP contribution in [-0.4, -0.2) is 41.0 Å². The van der Waals surface area contributed by atoms with Crippen molar-refractivity contribution in [3.63, 3.8) is 0 Å². The quantitative estimate of drug-likeness (QED) is 0.641. The van der Waals surface area contributed by atoms with Crippen molar-refractivity contribution < 1.29 is 4.92 Å². The molecule has 0 amide bonds. The Morgan fingerprint density at radius 1 is 1.17 bits per heavy atom. The van der Waals surface area contributed by atoms with Crippen molar-refractivity contribution in [2.24, 2.45) is 0 Å². The summed E-state index contributed by atoms with van der Waals surface area (Å²) in [7, 11) is 0. The molecule has 1 aromatic carbocycles. The number of hydrogen-bond acceptors (Lipinski definition) is 5. The highest BCUT2D eigenvalue weighted by molar-refractivity contribution is 5.57. The molecule has 0 atom stereocenters. The largest absolute Gasteiger partial charge is 0.369 e. The van der Waals surface area contributed by atoms with Crippen LogP contribution >= 0.6 is 0 Å². The van der Waals surface area contributed by atoms with Crippen molar-refractivity contribution in [1.29, 1.82) is 0 Å². The van der Waals surface area contributed by atoms with E-state index < -0.39 is 0 Å². The normalized spacial score (nSPS) is 15.6. The van der Waals surface area contributed by atoms with E-state index in [1.807, 2.05) is 37.4 Å². The topological polar surface area (TPSA) is 62.5 Å². The number of aromatic nitrogens is 1. The summed E-state index contributed by atoms with van der Waals surface area (Å²) in [4.78, 5) is 19.6. The maximum Gasteiger partial charge on any atom is 0.269 e. The molecule has 2 aromatic rings. The molecule has 1 fully saturated rings. The number of nitro benzene ring substituents is 1. The summed E-state index contributed by atoms with van der Waals surface area (Å²) < 4.78 is 0. The van der Waals surface area contributed by atoms with Gasteiger partial charge in [0.1, 0.15) is 0 Å². The third-order valence-corrected chi connectivity index (χ3v) is 4.22. The minimum atomic E-state index is -0.346. The number of nitro groups is 1.